The third-order valence-electron chi connectivity index (χ3n) is 7.14. The smallest absolute Gasteiger partial charge is 0.271 e. The number of ether oxygens (including phenoxy) is 1. The minimum atomic E-state index is -0.671. The van der Waals surface area contributed by atoms with E-state index in [4.69, 9.17) is 10.5 Å². The minimum Gasteiger partial charge on any atom is -0.437 e. The van der Waals surface area contributed by atoms with Crippen molar-refractivity contribution in [3.63, 3.8) is 0 Å². The Hall–Kier alpha value is -4.28. The monoisotopic (exact) mass is 540 g/mol. The van der Waals surface area contributed by atoms with Crippen LogP contribution in [-0.4, -0.2) is 75.2 Å². The summed E-state index contributed by atoms with van der Waals surface area (Å²) in [5, 5.41) is 7.21. The lowest BCUT2D eigenvalue weighted by Crippen LogP contribution is -2.45. The van der Waals surface area contributed by atoms with E-state index < -0.39 is 5.91 Å². The number of nitrogens with two attached hydrogens (primary N) is 1. The summed E-state index contributed by atoms with van der Waals surface area (Å²) < 4.78 is 7.77. The highest BCUT2D eigenvalue weighted by atomic mass is 16.5. The van der Waals surface area contributed by atoms with Crippen molar-refractivity contribution in [2.45, 2.75) is 19.8 Å². The molecule has 0 unspecified atom stereocenters. The molecule has 1 fully saturated rings. The van der Waals surface area contributed by atoms with Crippen molar-refractivity contribution in [1.29, 1.82) is 0 Å². The number of benzene rings is 2. The van der Waals surface area contributed by atoms with Gasteiger partial charge in [0.15, 0.2) is 11.5 Å². The van der Waals surface area contributed by atoms with Gasteiger partial charge in [0.25, 0.3) is 5.91 Å². The van der Waals surface area contributed by atoms with Gasteiger partial charge in [-0.15, -0.1) is 0 Å². The lowest BCUT2D eigenvalue weighted by molar-refractivity contribution is 0.0996. The van der Waals surface area contributed by atoms with Crippen molar-refractivity contribution in [2.24, 2.45) is 12.8 Å². The summed E-state index contributed by atoms with van der Waals surface area (Å²) in [5.74, 6) is 0.485. The summed E-state index contributed by atoms with van der Waals surface area (Å²) in [5.41, 5.74) is 10.4. The number of rotatable bonds is 10. The van der Waals surface area contributed by atoms with Crippen molar-refractivity contribution in [3.05, 3.63) is 77.9 Å². The largest absolute Gasteiger partial charge is 0.437 e. The number of aryl methyl sites for hydroxylation is 2. The molecule has 0 bridgehead atoms. The fourth-order valence-corrected chi connectivity index (χ4v) is 4.70. The molecule has 10 nitrogen and oxygen atoms in total. The van der Waals surface area contributed by atoms with Crippen LogP contribution >= 0.6 is 0 Å². The van der Waals surface area contributed by atoms with Crippen LogP contribution in [0.5, 0.6) is 11.6 Å². The van der Waals surface area contributed by atoms with Gasteiger partial charge in [-0.3, -0.25) is 9.48 Å². The first-order valence-electron chi connectivity index (χ1n) is 13.6. The molecule has 2 aromatic carbocycles. The summed E-state index contributed by atoms with van der Waals surface area (Å²) in [6, 6.07) is 16.7. The van der Waals surface area contributed by atoms with Crippen LogP contribution in [0.25, 0.3) is 11.1 Å². The van der Waals surface area contributed by atoms with Gasteiger partial charge in [0.2, 0.25) is 5.88 Å². The van der Waals surface area contributed by atoms with Crippen LogP contribution in [0.15, 0.2) is 60.9 Å². The third-order valence-corrected chi connectivity index (χ3v) is 7.14. The first-order valence-corrected chi connectivity index (χ1v) is 13.6. The summed E-state index contributed by atoms with van der Waals surface area (Å²) >= 11 is 0. The molecule has 0 saturated carbocycles. The maximum absolute atomic E-state index is 12.1. The number of hydrogen-bond acceptors (Lipinski definition) is 8. The van der Waals surface area contributed by atoms with Gasteiger partial charge in [-0.25, -0.2) is 4.98 Å². The highest BCUT2D eigenvalue weighted by Crippen LogP contribution is 2.29. The van der Waals surface area contributed by atoms with E-state index in [1.165, 1.54) is 5.56 Å². The molecule has 0 atom stereocenters. The van der Waals surface area contributed by atoms with Gasteiger partial charge in [-0.2, -0.15) is 10.1 Å². The molecule has 40 heavy (non-hydrogen) atoms. The van der Waals surface area contributed by atoms with E-state index in [1.807, 2.05) is 31.2 Å². The van der Waals surface area contributed by atoms with Crippen LogP contribution in [0.2, 0.25) is 0 Å². The third kappa shape index (κ3) is 6.64. The number of carbonyl (C=O) groups is 1. The molecule has 4 aromatic rings. The fraction of sp³-hybridized carbons (Fsp3) is 0.333. The Kier molecular flexibility index (Phi) is 8.37. The van der Waals surface area contributed by atoms with Gasteiger partial charge in [-0.05, 0) is 48.7 Å². The normalized spacial score (nSPS) is 14.3. The van der Waals surface area contributed by atoms with Crippen LogP contribution in [-0.2, 0) is 19.9 Å². The standard InChI is InChI=1S/C30H36N8O2/c1-4-26-30(35-29(27(34-26)28(31)39)33-24-19-32-37(3)20-24)40-25-11-9-23(10-12-25)22-7-5-21(6-8-22)13-14-38-17-15-36(2)16-18-38/h5-12,19-20H,4,13-18H2,1-3H3,(H2,31,39)(H,33,35). The molecule has 2 aromatic heterocycles. The lowest BCUT2D eigenvalue weighted by Gasteiger charge is -2.32. The van der Waals surface area contributed by atoms with Gasteiger partial charge in [0, 0.05) is 46.0 Å². The van der Waals surface area contributed by atoms with Crippen molar-refractivity contribution in [2.75, 3.05) is 45.1 Å². The average molecular weight is 541 g/mol. The van der Waals surface area contributed by atoms with Crippen molar-refractivity contribution >= 4 is 17.4 Å². The number of likely N-dealkylation sites (N-methyl/N-ethyl adjacent to an activating group) is 1. The maximum atomic E-state index is 12.1. The highest BCUT2D eigenvalue weighted by molar-refractivity contribution is 5.96. The number of carbonyl (C=O) groups excluding carboxylic acids is 1. The van der Waals surface area contributed by atoms with Gasteiger partial charge >= 0.3 is 0 Å². The summed E-state index contributed by atoms with van der Waals surface area (Å²) in [4.78, 5) is 26.0. The quantitative estimate of drug-likeness (QED) is 0.312. The van der Waals surface area contributed by atoms with Crippen molar-refractivity contribution in [1.82, 2.24) is 29.5 Å². The molecule has 1 aliphatic rings. The second-order valence-electron chi connectivity index (χ2n) is 10.1. The molecule has 5 rings (SSSR count). The second-order valence-corrected chi connectivity index (χ2v) is 10.1. The molecule has 1 saturated heterocycles. The maximum Gasteiger partial charge on any atom is 0.271 e. The number of anilines is 2. The minimum absolute atomic E-state index is 0.0513. The van der Waals surface area contributed by atoms with Gasteiger partial charge in [-0.1, -0.05) is 43.3 Å². The molecule has 208 valence electrons. The van der Waals surface area contributed by atoms with E-state index in [0.717, 1.165) is 50.3 Å². The number of hydrogen-bond donors (Lipinski definition) is 2. The molecule has 0 aliphatic carbocycles. The van der Waals surface area contributed by atoms with Gasteiger partial charge in [0.1, 0.15) is 11.4 Å². The first kappa shape index (κ1) is 27.3. The Balaban J connectivity index is 1.27. The van der Waals surface area contributed by atoms with E-state index in [-0.39, 0.29) is 11.5 Å². The molecule has 0 spiro atoms. The molecule has 0 radical (unpaired) electrons. The van der Waals surface area contributed by atoms with Crippen molar-refractivity contribution in [3.8, 4) is 22.8 Å². The zero-order valence-corrected chi connectivity index (χ0v) is 23.3. The average Bonchev–Trinajstić information content (AvgIpc) is 3.37. The van der Waals surface area contributed by atoms with Crippen molar-refractivity contribution < 1.29 is 9.53 Å². The van der Waals surface area contributed by atoms with Crippen LogP contribution < -0.4 is 15.8 Å². The van der Waals surface area contributed by atoms with Gasteiger partial charge in [0.05, 0.1) is 11.9 Å². The molecule has 10 heteroatoms. The second kappa shape index (κ2) is 12.3. The molecule has 1 amide bonds. The van der Waals surface area contributed by atoms with Gasteiger partial charge < -0.3 is 25.6 Å². The van der Waals surface area contributed by atoms with E-state index in [2.05, 4.69) is 61.5 Å². The first-order chi connectivity index (χ1) is 19.4. The topological polar surface area (TPSA) is 114 Å². The number of nitrogens with zero attached hydrogens (tertiary/aromatic N) is 6. The highest BCUT2D eigenvalue weighted by Gasteiger charge is 2.19. The predicted octanol–water partition coefficient (Wildman–Crippen LogP) is 3.86. The van der Waals surface area contributed by atoms with Crippen LogP contribution in [0.1, 0.15) is 28.7 Å². The predicted molar refractivity (Wildman–Crippen MR) is 156 cm³/mol. The number of aromatic nitrogens is 4. The zero-order valence-electron chi connectivity index (χ0n) is 23.3. The number of primary amides is 1. The molecule has 3 heterocycles. The van der Waals surface area contributed by atoms with Crippen LogP contribution in [0, 0.1) is 0 Å². The van der Waals surface area contributed by atoms with E-state index >= 15 is 0 Å². The number of piperazine rings is 1. The molecular formula is C30H36N8O2. The van der Waals surface area contributed by atoms with Crippen LogP contribution in [0.4, 0.5) is 11.5 Å². The zero-order chi connectivity index (χ0) is 28.1. The number of nitrogens with one attached hydrogen (secondary N) is 1. The fourth-order valence-electron chi connectivity index (χ4n) is 4.70. The van der Waals surface area contributed by atoms with E-state index in [9.17, 15) is 4.79 Å². The molecule has 1 aliphatic heterocycles. The lowest BCUT2D eigenvalue weighted by atomic mass is 10.0. The molecular weight excluding hydrogens is 504 g/mol. The number of amides is 1. The van der Waals surface area contributed by atoms with E-state index in [0.29, 0.717) is 29.4 Å². The Bertz CT molecular complexity index is 1440. The summed E-state index contributed by atoms with van der Waals surface area (Å²) in [6.07, 6.45) is 4.97. The van der Waals surface area contributed by atoms with Crippen LogP contribution in [0.3, 0.4) is 0 Å². The Morgan fingerprint density at radius 3 is 2.25 bits per heavy atom. The Labute approximate surface area is 234 Å². The Morgan fingerprint density at radius 1 is 0.975 bits per heavy atom. The Morgan fingerprint density at radius 2 is 1.65 bits per heavy atom. The molecule has 3 N–H and O–H groups in total. The van der Waals surface area contributed by atoms with E-state index in [1.54, 1.807) is 24.1 Å². The SMILES string of the molecule is CCc1nc(C(N)=O)c(Nc2cnn(C)c2)nc1Oc1ccc(-c2ccc(CCN3CCN(C)CC3)cc2)cc1. The summed E-state index contributed by atoms with van der Waals surface area (Å²) in [6.45, 7) is 7.60. The summed E-state index contributed by atoms with van der Waals surface area (Å²) in [7, 11) is 3.99.